The minimum atomic E-state index is -0.642. The summed E-state index contributed by atoms with van der Waals surface area (Å²) in [5.41, 5.74) is 0. The summed E-state index contributed by atoms with van der Waals surface area (Å²) in [6, 6.07) is 0. The highest BCUT2D eigenvalue weighted by molar-refractivity contribution is 5.84. The Labute approximate surface area is 87.9 Å². The molecule has 1 amide bonds. The highest BCUT2D eigenvalue weighted by Gasteiger charge is 2.06. The standard InChI is InChI=1S/C9H15NO5/c1-14-8(12)5-3-4-7(11)6-10-9(13)15-2/h3-6H2,1-2H3,(H,10,13). The SMILES string of the molecule is COC(=O)CCCC(=O)CNC(=O)OC. The molecule has 6 nitrogen and oxygen atoms in total. The van der Waals surface area contributed by atoms with E-state index in [1.54, 1.807) is 0 Å². The third-order valence-corrected chi connectivity index (χ3v) is 1.68. The van der Waals surface area contributed by atoms with Crippen LogP contribution < -0.4 is 5.32 Å². The van der Waals surface area contributed by atoms with Gasteiger partial charge in [-0.3, -0.25) is 9.59 Å². The van der Waals surface area contributed by atoms with Crippen LogP contribution in [0, 0.1) is 0 Å². The Morgan fingerprint density at radius 1 is 1.07 bits per heavy atom. The van der Waals surface area contributed by atoms with Crippen LogP contribution in [0.5, 0.6) is 0 Å². The maximum atomic E-state index is 11.1. The Bertz CT molecular complexity index is 239. The molecule has 0 aromatic carbocycles. The zero-order chi connectivity index (χ0) is 11.7. The predicted octanol–water partition coefficient (Wildman–Crippen LogP) is 0.255. The summed E-state index contributed by atoms with van der Waals surface area (Å²) in [5.74, 6) is -0.493. The van der Waals surface area contributed by atoms with Crippen LogP contribution in [0.25, 0.3) is 0 Å². The molecule has 0 spiro atoms. The summed E-state index contributed by atoms with van der Waals surface area (Å²) >= 11 is 0. The van der Waals surface area contributed by atoms with Gasteiger partial charge in [-0.2, -0.15) is 0 Å². The van der Waals surface area contributed by atoms with E-state index in [0.717, 1.165) is 0 Å². The fourth-order valence-electron chi connectivity index (χ4n) is 0.863. The average Bonchev–Trinajstić information content (AvgIpc) is 2.25. The maximum Gasteiger partial charge on any atom is 0.407 e. The molecule has 0 unspecified atom stereocenters. The molecular formula is C9H15NO5. The lowest BCUT2D eigenvalue weighted by molar-refractivity contribution is -0.140. The Kier molecular flexibility index (Phi) is 6.96. The number of amides is 1. The number of nitrogens with one attached hydrogen (secondary N) is 1. The molecule has 0 fully saturated rings. The molecule has 0 atom stereocenters. The fraction of sp³-hybridized carbons (Fsp3) is 0.667. The van der Waals surface area contributed by atoms with E-state index < -0.39 is 6.09 Å². The molecule has 0 heterocycles. The van der Waals surface area contributed by atoms with Crippen molar-refractivity contribution in [3.8, 4) is 0 Å². The van der Waals surface area contributed by atoms with Crippen LogP contribution in [-0.4, -0.2) is 38.6 Å². The molecule has 86 valence electrons. The van der Waals surface area contributed by atoms with Crippen molar-refractivity contribution >= 4 is 17.8 Å². The van der Waals surface area contributed by atoms with Crippen molar-refractivity contribution in [2.24, 2.45) is 0 Å². The lowest BCUT2D eigenvalue weighted by Gasteiger charge is -2.02. The minimum absolute atomic E-state index is 0.0755. The Morgan fingerprint density at radius 3 is 2.27 bits per heavy atom. The summed E-state index contributed by atoms with van der Waals surface area (Å²) < 4.78 is 8.69. The number of esters is 1. The fourth-order valence-corrected chi connectivity index (χ4v) is 0.863. The van der Waals surface area contributed by atoms with Gasteiger partial charge in [0.2, 0.25) is 0 Å². The summed E-state index contributed by atoms with van der Waals surface area (Å²) in [4.78, 5) is 32.4. The number of carbonyl (C=O) groups is 3. The van der Waals surface area contributed by atoms with E-state index in [9.17, 15) is 14.4 Å². The number of carbonyl (C=O) groups excluding carboxylic acids is 3. The number of rotatable bonds is 6. The normalized spacial score (nSPS) is 9.20. The summed E-state index contributed by atoms with van der Waals surface area (Å²) in [7, 11) is 2.51. The van der Waals surface area contributed by atoms with Gasteiger partial charge >= 0.3 is 12.1 Å². The van der Waals surface area contributed by atoms with E-state index >= 15 is 0 Å². The molecule has 0 aliphatic rings. The number of ether oxygens (including phenoxy) is 2. The molecule has 0 rings (SSSR count). The second-order valence-electron chi connectivity index (χ2n) is 2.81. The number of alkyl carbamates (subject to hydrolysis) is 1. The first kappa shape index (κ1) is 13.4. The van der Waals surface area contributed by atoms with Crippen LogP contribution >= 0.6 is 0 Å². The van der Waals surface area contributed by atoms with Gasteiger partial charge in [0.1, 0.15) is 0 Å². The van der Waals surface area contributed by atoms with Gasteiger partial charge in [-0.1, -0.05) is 0 Å². The number of Topliss-reactive ketones (excluding diaryl/α,β-unsaturated/α-hetero) is 1. The predicted molar refractivity (Wildman–Crippen MR) is 51.3 cm³/mol. The van der Waals surface area contributed by atoms with Crippen molar-refractivity contribution in [2.45, 2.75) is 19.3 Å². The Hall–Kier alpha value is -1.59. The van der Waals surface area contributed by atoms with Crippen molar-refractivity contribution in [3.05, 3.63) is 0 Å². The smallest absolute Gasteiger partial charge is 0.407 e. The van der Waals surface area contributed by atoms with Crippen LogP contribution in [-0.2, 0) is 19.1 Å². The molecular weight excluding hydrogens is 202 g/mol. The van der Waals surface area contributed by atoms with Gasteiger partial charge < -0.3 is 14.8 Å². The maximum absolute atomic E-state index is 11.1. The molecule has 1 N–H and O–H groups in total. The molecule has 0 radical (unpaired) electrons. The van der Waals surface area contributed by atoms with Gasteiger partial charge in [-0.25, -0.2) is 4.79 Å². The minimum Gasteiger partial charge on any atom is -0.469 e. The molecule has 0 aromatic heterocycles. The van der Waals surface area contributed by atoms with Crippen LogP contribution in [0.1, 0.15) is 19.3 Å². The van der Waals surface area contributed by atoms with Crippen LogP contribution in [0.3, 0.4) is 0 Å². The second kappa shape index (κ2) is 7.78. The summed E-state index contributed by atoms with van der Waals surface area (Å²) in [6.45, 7) is -0.0755. The number of ketones is 1. The molecule has 15 heavy (non-hydrogen) atoms. The lowest BCUT2D eigenvalue weighted by Crippen LogP contribution is -2.29. The summed E-state index contributed by atoms with van der Waals surface area (Å²) in [6.07, 6.45) is 0.227. The highest BCUT2D eigenvalue weighted by Crippen LogP contribution is 1.97. The van der Waals surface area contributed by atoms with Crippen molar-refractivity contribution < 1.29 is 23.9 Å². The largest absolute Gasteiger partial charge is 0.469 e. The van der Waals surface area contributed by atoms with Gasteiger partial charge in [0.05, 0.1) is 20.8 Å². The van der Waals surface area contributed by atoms with Gasteiger partial charge in [0.15, 0.2) is 5.78 Å². The van der Waals surface area contributed by atoms with Crippen molar-refractivity contribution in [2.75, 3.05) is 20.8 Å². The molecule has 0 aliphatic carbocycles. The van der Waals surface area contributed by atoms with E-state index in [1.165, 1.54) is 14.2 Å². The topological polar surface area (TPSA) is 81.7 Å². The summed E-state index contributed by atoms with van der Waals surface area (Å²) in [5, 5.41) is 2.26. The van der Waals surface area contributed by atoms with Gasteiger partial charge in [0, 0.05) is 12.8 Å². The van der Waals surface area contributed by atoms with Crippen molar-refractivity contribution in [3.63, 3.8) is 0 Å². The lowest BCUT2D eigenvalue weighted by atomic mass is 10.2. The number of methoxy groups -OCH3 is 2. The molecule has 0 bridgehead atoms. The third kappa shape index (κ3) is 7.48. The first-order valence-corrected chi connectivity index (χ1v) is 4.50. The van der Waals surface area contributed by atoms with E-state index in [1.807, 2.05) is 0 Å². The Morgan fingerprint density at radius 2 is 1.73 bits per heavy atom. The van der Waals surface area contributed by atoms with Crippen LogP contribution in [0.2, 0.25) is 0 Å². The van der Waals surface area contributed by atoms with Gasteiger partial charge in [0.25, 0.3) is 0 Å². The second-order valence-corrected chi connectivity index (χ2v) is 2.81. The molecule has 0 saturated carbocycles. The zero-order valence-corrected chi connectivity index (χ0v) is 8.87. The van der Waals surface area contributed by atoms with E-state index in [0.29, 0.717) is 6.42 Å². The first-order valence-electron chi connectivity index (χ1n) is 4.50. The number of hydrogen-bond donors (Lipinski definition) is 1. The first-order chi connectivity index (χ1) is 7.10. The average molecular weight is 217 g/mol. The van der Waals surface area contributed by atoms with Crippen molar-refractivity contribution in [1.82, 2.24) is 5.32 Å². The number of hydrogen-bond acceptors (Lipinski definition) is 5. The van der Waals surface area contributed by atoms with Crippen LogP contribution in [0.15, 0.2) is 0 Å². The zero-order valence-electron chi connectivity index (χ0n) is 8.87. The molecule has 0 saturated heterocycles. The van der Waals surface area contributed by atoms with E-state index in [4.69, 9.17) is 0 Å². The van der Waals surface area contributed by atoms with Crippen molar-refractivity contribution in [1.29, 1.82) is 0 Å². The highest BCUT2D eigenvalue weighted by atomic mass is 16.5. The Balaban J connectivity index is 3.49. The molecule has 0 aromatic rings. The molecule has 0 aliphatic heterocycles. The van der Waals surface area contributed by atoms with E-state index in [2.05, 4.69) is 14.8 Å². The van der Waals surface area contributed by atoms with Gasteiger partial charge in [-0.05, 0) is 6.42 Å². The molecule has 6 heteroatoms. The van der Waals surface area contributed by atoms with Gasteiger partial charge in [-0.15, -0.1) is 0 Å². The quantitative estimate of drug-likeness (QED) is 0.645. The third-order valence-electron chi connectivity index (χ3n) is 1.68. The van der Waals surface area contributed by atoms with Crippen LogP contribution in [0.4, 0.5) is 4.79 Å². The van der Waals surface area contributed by atoms with E-state index in [-0.39, 0.29) is 31.1 Å². The monoisotopic (exact) mass is 217 g/mol.